The standard InChI is InChI=1S/C58H56N4O6S4/c1-35(2)53(42-14-22-45(23-15-42)59(32-41-9-8-36(3)37(4)28-41)44-18-10-39(11-19-44)30-49-54(67)60(33-51(63)64)56(69)71-49)43-16-24-47(25-17-43)62(48-26-27-58(6,7)38(5)29-48)46-20-12-40(13-21-46)31-50-55(68)61(34-52(65)66)57(70)72-50/h8-26,28-31,35,53H,27,32-34H2,1-7H3,(H,63,64)(H,65,66)/b49-30-,50-31-. The molecule has 8 rings (SSSR count). The summed E-state index contributed by atoms with van der Waals surface area (Å²) in [6.45, 7) is 15.2. The number of benzene rings is 5. The van der Waals surface area contributed by atoms with E-state index in [1.165, 1.54) is 33.4 Å². The fourth-order valence-corrected chi connectivity index (χ4v) is 11.5. The largest absolute Gasteiger partial charge is 0.480 e. The molecule has 10 nitrogen and oxygen atoms in total. The zero-order valence-corrected chi connectivity index (χ0v) is 44.5. The minimum Gasteiger partial charge on any atom is -0.480 e. The van der Waals surface area contributed by atoms with Crippen molar-refractivity contribution in [3.63, 3.8) is 0 Å². The summed E-state index contributed by atoms with van der Waals surface area (Å²) in [5, 5.41) is 18.6. The Hall–Kier alpha value is -6.58. The maximum atomic E-state index is 13.0. The number of carboxylic acids is 2. The molecule has 2 saturated heterocycles. The summed E-state index contributed by atoms with van der Waals surface area (Å²) in [5.74, 6) is -2.65. The average molecular weight is 1030 g/mol. The Morgan fingerprint density at radius 2 is 1.11 bits per heavy atom. The summed E-state index contributed by atoms with van der Waals surface area (Å²) in [6, 6.07) is 40.3. The van der Waals surface area contributed by atoms with Gasteiger partial charge in [0, 0.05) is 40.9 Å². The van der Waals surface area contributed by atoms with Crippen molar-refractivity contribution in [2.75, 3.05) is 22.9 Å². The van der Waals surface area contributed by atoms with Crippen LogP contribution in [0, 0.1) is 25.2 Å². The molecule has 0 saturated carbocycles. The van der Waals surface area contributed by atoms with Crippen molar-refractivity contribution in [1.29, 1.82) is 0 Å². The summed E-state index contributed by atoms with van der Waals surface area (Å²) in [6.07, 6.45) is 8.96. The normalized spacial score (nSPS) is 17.2. The van der Waals surface area contributed by atoms with Crippen LogP contribution in [0.1, 0.15) is 85.9 Å². The highest BCUT2D eigenvalue weighted by Crippen LogP contribution is 2.42. The highest BCUT2D eigenvalue weighted by Gasteiger charge is 2.35. The van der Waals surface area contributed by atoms with Gasteiger partial charge in [0.2, 0.25) is 0 Å². The second-order valence-corrected chi connectivity index (χ2v) is 22.6. The van der Waals surface area contributed by atoms with Crippen molar-refractivity contribution >= 4 is 115 Å². The molecule has 0 bridgehead atoms. The van der Waals surface area contributed by atoms with Crippen LogP contribution < -0.4 is 9.80 Å². The molecule has 2 aliphatic heterocycles. The van der Waals surface area contributed by atoms with Gasteiger partial charge in [-0.3, -0.25) is 29.0 Å². The molecule has 368 valence electrons. The smallest absolute Gasteiger partial charge is 0.323 e. The van der Waals surface area contributed by atoms with Crippen LogP contribution in [0.5, 0.6) is 0 Å². The van der Waals surface area contributed by atoms with Crippen molar-refractivity contribution in [2.45, 2.75) is 67.3 Å². The lowest BCUT2D eigenvalue weighted by molar-refractivity contribution is -0.140. The molecule has 1 unspecified atom stereocenters. The number of carbonyl (C=O) groups is 4. The number of hydrogen-bond acceptors (Lipinski definition) is 10. The zero-order chi connectivity index (χ0) is 51.6. The lowest BCUT2D eigenvalue weighted by atomic mass is 9.78. The molecule has 72 heavy (non-hydrogen) atoms. The van der Waals surface area contributed by atoms with Gasteiger partial charge in [-0.1, -0.05) is 154 Å². The Bertz CT molecular complexity index is 3100. The van der Waals surface area contributed by atoms with E-state index in [-0.39, 0.29) is 25.9 Å². The quantitative estimate of drug-likeness (QED) is 0.0723. The minimum atomic E-state index is -1.12. The van der Waals surface area contributed by atoms with Crippen LogP contribution in [0.2, 0.25) is 0 Å². The summed E-state index contributed by atoms with van der Waals surface area (Å²) < 4.78 is 0.466. The molecule has 2 amide bonds. The summed E-state index contributed by atoms with van der Waals surface area (Å²) in [5.41, 5.74) is 14.0. The van der Waals surface area contributed by atoms with Crippen molar-refractivity contribution in [2.24, 2.45) is 11.3 Å². The van der Waals surface area contributed by atoms with Crippen LogP contribution >= 0.6 is 48.0 Å². The lowest BCUT2D eigenvalue weighted by Gasteiger charge is -2.34. The number of aliphatic carboxylic acids is 2. The van der Waals surface area contributed by atoms with Crippen LogP contribution in [0.3, 0.4) is 0 Å². The third-order valence-corrected chi connectivity index (χ3v) is 16.2. The second kappa shape index (κ2) is 21.6. The third kappa shape index (κ3) is 11.5. The van der Waals surface area contributed by atoms with Crippen LogP contribution in [-0.2, 0) is 25.7 Å². The monoisotopic (exact) mass is 1030 g/mol. The molecule has 2 N–H and O–H groups in total. The fraction of sp³-hybridized carbons (Fsp3) is 0.241. The number of hydrogen-bond donors (Lipinski definition) is 2. The predicted octanol–water partition coefficient (Wildman–Crippen LogP) is 13.4. The molecule has 2 fully saturated rings. The summed E-state index contributed by atoms with van der Waals surface area (Å²) in [4.78, 5) is 56.3. The minimum absolute atomic E-state index is 0.0390. The third-order valence-electron chi connectivity index (χ3n) is 13.5. The van der Waals surface area contributed by atoms with Gasteiger partial charge in [-0.15, -0.1) is 0 Å². The van der Waals surface area contributed by atoms with Gasteiger partial charge in [-0.25, -0.2) is 0 Å². The van der Waals surface area contributed by atoms with E-state index in [1.54, 1.807) is 12.2 Å². The molecule has 14 heteroatoms. The number of anilines is 4. The van der Waals surface area contributed by atoms with Crippen LogP contribution in [0.15, 0.2) is 148 Å². The Balaban J connectivity index is 1.07. The summed E-state index contributed by atoms with van der Waals surface area (Å²) in [7, 11) is 0. The maximum absolute atomic E-state index is 13.0. The number of carboxylic acid groups (broad SMARTS) is 2. The number of thioether (sulfide) groups is 2. The first kappa shape index (κ1) is 51.8. The first-order valence-corrected chi connectivity index (χ1v) is 26.1. The van der Waals surface area contributed by atoms with Gasteiger partial charge in [0.05, 0.1) is 9.81 Å². The van der Waals surface area contributed by atoms with Crippen molar-refractivity contribution in [1.82, 2.24) is 9.80 Å². The van der Waals surface area contributed by atoms with E-state index in [0.29, 0.717) is 16.4 Å². The van der Waals surface area contributed by atoms with E-state index >= 15 is 0 Å². The number of carbonyl (C=O) groups excluding carboxylic acids is 2. The zero-order valence-electron chi connectivity index (χ0n) is 41.2. The highest BCUT2D eigenvalue weighted by molar-refractivity contribution is 8.27. The van der Waals surface area contributed by atoms with Crippen LogP contribution in [-0.4, -0.2) is 65.5 Å². The van der Waals surface area contributed by atoms with E-state index in [1.807, 2.05) is 48.5 Å². The molecule has 1 atom stereocenters. The molecular weight excluding hydrogens is 977 g/mol. The molecule has 5 aromatic carbocycles. The number of amides is 2. The second-order valence-electron chi connectivity index (χ2n) is 19.3. The molecule has 5 aromatic rings. The van der Waals surface area contributed by atoms with Crippen molar-refractivity contribution in [3.8, 4) is 0 Å². The molecule has 0 radical (unpaired) electrons. The van der Waals surface area contributed by atoms with E-state index in [0.717, 1.165) is 79.3 Å². The van der Waals surface area contributed by atoms with Crippen LogP contribution in [0.25, 0.3) is 12.2 Å². The first-order chi connectivity index (χ1) is 34.3. The van der Waals surface area contributed by atoms with Gasteiger partial charge in [0.25, 0.3) is 11.8 Å². The molecule has 0 spiro atoms. The molecule has 0 aromatic heterocycles. The number of aryl methyl sites for hydroxylation is 2. The Morgan fingerprint density at radius 1 is 0.667 bits per heavy atom. The topological polar surface area (TPSA) is 122 Å². The van der Waals surface area contributed by atoms with E-state index in [9.17, 15) is 29.4 Å². The summed E-state index contributed by atoms with van der Waals surface area (Å²) >= 11 is 12.8. The van der Waals surface area contributed by atoms with Gasteiger partial charge >= 0.3 is 11.9 Å². The van der Waals surface area contributed by atoms with Gasteiger partial charge in [-0.05, 0) is 144 Å². The number of nitrogens with zero attached hydrogens (tertiary/aromatic N) is 4. The number of rotatable bonds is 16. The average Bonchev–Trinajstić information content (AvgIpc) is 3.75. The first-order valence-electron chi connectivity index (χ1n) is 23.6. The molecule has 1 aliphatic carbocycles. The van der Waals surface area contributed by atoms with Crippen molar-refractivity contribution < 1.29 is 29.4 Å². The molecule has 2 heterocycles. The van der Waals surface area contributed by atoms with Gasteiger partial charge in [-0.2, -0.15) is 0 Å². The Kier molecular flexibility index (Phi) is 15.6. The fourth-order valence-electron chi connectivity index (χ4n) is 8.99. The number of allylic oxidation sites excluding steroid dienone is 3. The predicted molar refractivity (Wildman–Crippen MR) is 302 cm³/mol. The molecular formula is C58H56N4O6S4. The highest BCUT2D eigenvalue weighted by atomic mass is 32.2. The van der Waals surface area contributed by atoms with E-state index in [4.69, 9.17) is 24.4 Å². The van der Waals surface area contributed by atoms with E-state index < -0.39 is 36.8 Å². The van der Waals surface area contributed by atoms with Gasteiger partial charge in [0.15, 0.2) is 0 Å². The lowest BCUT2D eigenvalue weighted by Crippen LogP contribution is -2.33. The number of thiocarbonyl (C=S) groups is 2. The Labute approximate surface area is 440 Å². The molecule has 3 aliphatic rings. The van der Waals surface area contributed by atoms with E-state index in [2.05, 4.69) is 137 Å². The SMILES string of the molecule is CC1=CC(N(c2ccc(/C=C3\SC(=S)N(CC(=O)O)C3=O)cc2)c2ccc(C(c3ccc(N(Cc4ccc(C)c(C)c4)c4ccc(/C=C5\SC(=S)N(CC(=O)O)C5=O)cc4)cc3)C(C)C)cc2)=CCC1(C)C. The van der Waals surface area contributed by atoms with Gasteiger partial charge in [0.1, 0.15) is 21.7 Å². The maximum Gasteiger partial charge on any atom is 0.323 e. The Morgan fingerprint density at radius 3 is 1.54 bits per heavy atom. The van der Waals surface area contributed by atoms with Gasteiger partial charge < -0.3 is 20.0 Å². The van der Waals surface area contributed by atoms with Crippen molar-refractivity contribution in [3.05, 3.63) is 187 Å². The van der Waals surface area contributed by atoms with Crippen LogP contribution in [0.4, 0.5) is 22.7 Å².